The Hall–Kier alpha value is -5.05. The number of benzene rings is 3. The van der Waals surface area contributed by atoms with Gasteiger partial charge in [0.2, 0.25) is 18.2 Å². The van der Waals surface area contributed by atoms with Gasteiger partial charge in [-0.15, -0.1) is 6.42 Å². The molecule has 236 valence electrons. The highest BCUT2D eigenvalue weighted by atomic mass is 16.3. The number of carbonyl (C=O) groups excluding carboxylic acids is 3. The quantitative estimate of drug-likeness (QED) is 0.248. The molecule has 0 saturated carbocycles. The molecule has 2 aliphatic heterocycles. The first-order chi connectivity index (χ1) is 21.7. The smallest absolute Gasteiger partial charge is 0.246 e. The van der Waals surface area contributed by atoms with E-state index in [1.54, 1.807) is 40.1 Å². The average Bonchev–Trinajstić information content (AvgIpc) is 3.02. The molecule has 3 amide bonds. The van der Waals surface area contributed by atoms with E-state index in [0.29, 0.717) is 12.1 Å². The number of phenols is 2. The Morgan fingerprint density at radius 3 is 2.31 bits per heavy atom. The van der Waals surface area contributed by atoms with E-state index in [0.717, 1.165) is 17.7 Å². The van der Waals surface area contributed by atoms with Crippen molar-refractivity contribution in [1.82, 2.24) is 25.1 Å². The molecule has 0 aliphatic carbocycles. The summed E-state index contributed by atoms with van der Waals surface area (Å²) in [6.45, 7) is 1.26. The number of nitrogens with zero attached hydrogens (tertiary/aromatic N) is 5. The number of rotatable bonds is 9. The number of anilines is 1. The van der Waals surface area contributed by atoms with Gasteiger partial charge in [-0.25, -0.2) is 0 Å². The average molecular weight is 613 g/mol. The molecule has 11 heteroatoms. The molecule has 0 bridgehead atoms. The second-order valence-electron chi connectivity index (χ2n) is 11.1. The number of aromatic hydroxyl groups is 2. The van der Waals surface area contributed by atoms with E-state index in [9.17, 15) is 24.6 Å². The Morgan fingerprint density at radius 1 is 1.00 bits per heavy atom. The third-order valence-corrected chi connectivity index (χ3v) is 7.74. The van der Waals surface area contributed by atoms with Gasteiger partial charge in [-0.3, -0.25) is 19.4 Å². The molecule has 11 nitrogen and oxygen atoms in total. The topological polar surface area (TPSA) is 120 Å². The van der Waals surface area contributed by atoms with Crippen LogP contribution in [0.5, 0.6) is 11.5 Å². The summed E-state index contributed by atoms with van der Waals surface area (Å²) in [5.74, 6) is 2.17. The van der Waals surface area contributed by atoms with Crippen molar-refractivity contribution in [2.45, 2.75) is 31.7 Å². The minimum Gasteiger partial charge on any atom is -0.508 e. The summed E-state index contributed by atoms with van der Waals surface area (Å²) in [4.78, 5) is 44.0. The van der Waals surface area contributed by atoms with E-state index in [-0.39, 0.29) is 55.9 Å². The summed E-state index contributed by atoms with van der Waals surface area (Å²) in [6, 6.07) is 21.1. The van der Waals surface area contributed by atoms with Crippen LogP contribution in [0.2, 0.25) is 0 Å². The van der Waals surface area contributed by atoms with Crippen LogP contribution in [0.3, 0.4) is 0 Å². The van der Waals surface area contributed by atoms with Crippen LogP contribution in [0.4, 0.5) is 5.69 Å². The first-order valence-corrected chi connectivity index (χ1v) is 14.6. The van der Waals surface area contributed by atoms with Crippen molar-refractivity contribution in [2.24, 2.45) is 0 Å². The highest BCUT2D eigenvalue weighted by Crippen LogP contribution is 2.31. The molecule has 5 rings (SSSR count). The lowest BCUT2D eigenvalue weighted by Gasteiger charge is -2.54. The maximum absolute atomic E-state index is 13.8. The Labute approximate surface area is 264 Å². The minimum absolute atomic E-state index is 0.0789. The van der Waals surface area contributed by atoms with Crippen molar-refractivity contribution in [3.05, 3.63) is 89.5 Å². The van der Waals surface area contributed by atoms with E-state index in [1.807, 2.05) is 39.3 Å². The second-order valence-corrected chi connectivity index (χ2v) is 11.1. The maximum Gasteiger partial charge on any atom is 0.246 e. The third-order valence-electron chi connectivity index (χ3n) is 7.74. The molecule has 0 spiro atoms. The largest absolute Gasteiger partial charge is 0.508 e. The zero-order valence-electron chi connectivity index (χ0n) is 25.8. The first-order valence-electron chi connectivity index (χ1n) is 14.6. The van der Waals surface area contributed by atoms with Gasteiger partial charge in [0.05, 0.1) is 25.3 Å². The van der Waals surface area contributed by atoms with E-state index in [4.69, 9.17) is 6.42 Å². The standard InChI is InChI=1S/C26H29N5O5.C8H11N/c1-4-11-29-16-25(35)31-22(12-18-5-8-20(33)9-6-18)26(36)28(15-24(31)30(29)17-32)14-19-7-10-23(34)21(13-19)27(2)3;1-9-7-8-5-3-2-4-6-8/h1,5-10,13,17,22,24,33-34H,11-12,14-16H2,2-3H3;2-6,9H,7H2,1H3/t22-,24?;/m0./s1. The van der Waals surface area contributed by atoms with E-state index >= 15 is 0 Å². The van der Waals surface area contributed by atoms with Crippen molar-refractivity contribution in [3.63, 3.8) is 0 Å². The number of fused-ring (bicyclic) bond motifs is 1. The molecule has 1 unspecified atom stereocenters. The van der Waals surface area contributed by atoms with Gasteiger partial charge in [0.15, 0.2) is 0 Å². The van der Waals surface area contributed by atoms with E-state index in [1.165, 1.54) is 32.6 Å². The van der Waals surface area contributed by atoms with Crippen molar-refractivity contribution in [1.29, 1.82) is 0 Å². The molecular weight excluding hydrogens is 572 g/mol. The van der Waals surface area contributed by atoms with Crippen molar-refractivity contribution >= 4 is 23.9 Å². The first kappa shape index (κ1) is 32.9. The summed E-state index contributed by atoms with van der Waals surface area (Å²) in [5.41, 5.74) is 3.51. The predicted octanol–water partition coefficient (Wildman–Crippen LogP) is 2.00. The fourth-order valence-electron chi connectivity index (χ4n) is 5.58. The number of hydrogen-bond donors (Lipinski definition) is 3. The lowest BCUT2D eigenvalue weighted by molar-refractivity contribution is -0.198. The Morgan fingerprint density at radius 2 is 1.69 bits per heavy atom. The fraction of sp³-hybridized carbons (Fsp3) is 0.324. The third kappa shape index (κ3) is 7.92. The molecule has 2 atom stereocenters. The molecule has 0 radical (unpaired) electrons. The van der Waals surface area contributed by atoms with Crippen LogP contribution in [-0.2, 0) is 33.9 Å². The molecule has 3 N–H and O–H groups in total. The minimum atomic E-state index is -0.846. The zero-order valence-corrected chi connectivity index (χ0v) is 25.8. The van der Waals surface area contributed by atoms with Gasteiger partial charge in [-0.1, -0.05) is 54.5 Å². The summed E-state index contributed by atoms with van der Waals surface area (Å²) < 4.78 is 0. The van der Waals surface area contributed by atoms with Gasteiger partial charge < -0.3 is 30.2 Å². The lowest BCUT2D eigenvalue weighted by Crippen LogP contribution is -2.74. The molecule has 2 saturated heterocycles. The molecule has 2 heterocycles. The van der Waals surface area contributed by atoms with Gasteiger partial charge in [0.1, 0.15) is 23.7 Å². The number of hydrazine groups is 1. The number of piperazine rings is 1. The van der Waals surface area contributed by atoms with Crippen LogP contribution in [0.15, 0.2) is 72.8 Å². The van der Waals surface area contributed by atoms with Gasteiger partial charge >= 0.3 is 0 Å². The van der Waals surface area contributed by atoms with Crippen molar-refractivity contribution in [2.75, 3.05) is 45.7 Å². The zero-order chi connectivity index (χ0) is 32.5. The number of carbonyl (C=O) groups is 3. The van der Waals surface area contributed by atoms with Crippen molar-refractivity contribution < 1.29 is 24.6 Å². The van der Waals surface area contributed by atoms with Gasteiger partial charge in [-0.05, 0) is 48.0 Å². The number of phenolic OH excluding ortho intramolecular Hbond substituents is 2. The summed E-state index contributed by atoms with van der Waals surface area (Å²) in [6.07, 6.45) is 5.60. The monoisotopic (exact) mass is 612 g/mol. The molecule has 2 fully saturated rings. The van der Waals surface area contributed by atoms with Crippen LogP contribution in [-0.4, -0.2) is 101 Å². The SMILES string of the molecule is C#CCN1CC(=O)N2C(CN(Cc3ccc(O)c(N(C)C)c3)C(=O)[C@@H]2Cc2ccc(O)cc2)N1C=O.CNCc1ccccc1. The molecule has 2 aliphatic rings. The van der Waals surface area contributed by atoms with Crippen LogP contribution >= 0.6 is 0 Å². The highest BCUT2D eigenvalue weighted by Gasteiger charge is 2.49. The Kier molecular flexibility index (Phi) is 11.0. The van der Waals surface area contributed by atoms with Gasteiger partial charge in [0.25, 0.3) is 0 Å². The number of hydrogen-bond acceptors (Lipinski definition) is 8. The van der Waals surface area contributed by atoms with Gasteiger partial charge in [-0.2, -0.15) is 5.01 Å². The molecule has 0 aromatic heterocycles. The van der Waals surface area contributed by atoms with E-state index in [2.05, 4.69) is 23.4 Å². The van der Waals surface area contributed by atoms with Gasteiger partial charge in [0, 0.05) is 33.6 Å². The number of amides is 3. The summed E-state index contributed by atoms with van der Waals surface area (Å²) in [7, 11) is 5.57. The summed E-state index contributed by atoms with van der Waals surface area (Å²) in [5, 5.41) is 25.8. The Balaban J connectivity index is 0.000000440. The highest BCUT2D eigenvalue weighted by molar-refractivity contribution is 5.91. The normalized spacial score (nSPS) is 18.0. The number of terminal acetylenes is 1. The molecule has 3 aromatic rings. The summed E-state index contributed by atoms with van der Waals surface area (Å²) >= 11 is 0. The number of nitrogens with one attached hydrogen (secondary N) is 1. The molecule has 45 heavy (non-hydrogen) atoms. The van der Waals surface area contributed by atoms with Crippen molar-refractivity contribution in [3.8, 4) is 23.8 Å². The fourth-order valence-corrected chi connectivity index (χ4v) is 5.58. The maximum atomic E-state index is 13.8. The lowest BCUT2D eigenvalue weighted by atomic mass is 9.98. The van der Waals surface area contributed by atoms with Crippen LogP contribution < -0.4 is 10.2 Å². The van der Waals surface area contributed by atoms with Crippen LogP contribution in [0.25, 0.3) is 0 Å². The van der Waals surface area contributed by atoms with Crippen LogP contribution in [0.1, 0.15) is 16.7 Å². The van der Waals surface area contributed by atoms with Crippen LogP contribution in [0, 0.1) is 12.3 Å². The molecule has 3 aromatic carbocycles. The van der Waals surface area contributed by atoms with E-state index < -0.39 is 12.2 Å². The second kappa shape index (κ2) is 15.1. The molecular formula is C34H40N6O5. The Bertz CT molecular complexity index is 1510. The predicted molar refractivity (Wildman–Crippen MR) is 172 cm³/mol.